The first-order valence-corrected chi connectivity index (χ1v) is 4.37. The van der Waals surface area contributed by atoms with Crippen molar-refractivity contribution >= 4 is 17.3 Å². The smallest absolute Gasteiger partial charge is 0.269 e. The van der Waals surface area contributed by atoms with Crippen LogP contribution in [0.15, 0.2) is 29.4 Å². The van der Waals surface area contributed by atoms with Gasteiger partial charge in [0.05, 0.1) is 10.6 Å². The topological polar surface area (TPSA) is 68.0 Å². The standard InChI is InChI=1S/C9H9N3O3/c1-7-10-11(6-15-7)8-2-4-9(5-3-8)12(13)14/h2-5H,6H2,1H3. The third-order valence-corrected chi connectivity index (χ3v) is 2.02. The number of benzene rings is 1. The van der Waals surface area contributed by atoms with Gasteiger partial charge in [-0.15, -0.1) is 5.10 Å². The molecule has 1 aromatic carbocycles. The quantitative estimate of drug-likeness (QED) is 0.547. The van der Waals surface area contributed by atoms with Crippen molar-refractivity contribution in [3.8, 4) is 0 Å². The van der Waals surface area contributed by atoms with Crippen molar-refractivity contribution in [1.29, 1.82) is 0 Å². The molecule has 78 valence electrons. The Morgan fingerprint density at radius 3 is 2.60 bits per heavy atom. The van der Waals surface area contributed by atoms with Gasteiger partial charge in [-0.25, -0.2) is 5.01 Å². The van der Waals surface area contributed by atoms with Crippen LogP contribution < -0.4 is 5.01 Å². The van der Waals surface area contributed by atoms with Crippen molar-refractivity contribution in [3.63, 3.8) is 0 Å². The van der Waals surface area contributed by atoms with Gasteiger partial charge in [-0.3, -0.25) is 10.1 Å². The van der Waals surface area contributed by atoms with Gasteiger partial charge in [0, 0.05) is 19.1 Å². The number of nitrogens with zero attached hydrogens (tertiary/aromatic N) is 3. The number of hydrogen-bond donors (Lipinski definition) is 0. The Hall–Kier alpha value is -2.11. The fourth-order valence-corrected chi connectivity index (χ4v) is 1.26. The highest BCUT2D eigenvalue weighted by atomic mass is 16.6. The maximum atomic E-state index is 10.4. The van der Waals surface area contributed by atoms with Crippen LogP contribution in [0.4, 0.5) is 11.4 Å². The van der Waals surface area contributed by atoms with Crippen molar-refractivity contribution in [2.75, 3.05) is 11.7 Å². The molecule has 0 fully saturated rings. The van der Waals surface area contributed by atoms with Gasteiger partial charge in [0.1, 0.15) is 0 Å². The minimum Gasteiger partial charge on any atom is -0.457 e. The van der Waals surface area contributed by atoms with Crippen LogP contribution in [0.5, 0.6) is 0 Å². The zero-order valence-electron chi connectivity index (χ0n) is 8.08. The zero-order chi connectivity index (χ0) is 10.8. The van der Waals surface area contributed by atoms with Crippen LogP contribution in [0, 0.1) is 10.1 Å². The second-order valence-corrected chi connectivity index (χ2v) is 3.07. The maximum Gasteiger partial charge on any atom is 0.269 e. The molecule has 1 aliphatic heterocycles. The van der Waals surface area contributed by atoms with Crippen molar-refractivity contribution in [1.82, 2.24) is 0 Å². The Labute approximate surface area is 85.9 Å². The summed E-state index contributed by atoms with van der Waals surface area (Å²) in [7, 11) is 0. The second kappa shape index (κ2) is 3.56. The number of ether oxygens (including phenoxy) is 1. The number of anilines is 1. The Bertz CT molecular complexity index is 413. The van der Waals surface area contributed by atoms with Gasteiger partial charge in [0.25, 0.3) is 5.69 Å². The molecule has 0 saturated carbocycles. The summed E-state index contributed by atoms with van der Waals surface area (Å²) >= 11 is 0. The molecule has 0 saturated heterocycles. The number of nitro benzene ring substituents is 1. The lowest BCUT2D eigenvalue weighted by molar-refractivity contribution is -0.384. The first-order chi connectivity index (χ1) is 7.16. The molecular formula is C9H9N3O3. The molecule has 2 rings (SSSR count). The molecule has 6 nitrogen and oxygen atoms in total. The van der Waals surface area contributed by atoms with Crippen LogP contribution in [0.2, 0.25) is 0 Å². The molecule has 1 heterocycles. The number of nitro groups is 1. The predicted molar refractivity (Wildman–Crippen MR) is 54.6 cm³/mol. The van der Waals surface area contributed by atoms with Crippen molar-refractivity contribution in [3.05, 3.63) is 34.4 Å². The Kier molecular flexibility index (Phi) is 2.24. The molecule has 0 spiro atoms. The molecule has 15 heavy (non-hydrogen) atoms. The van der Waals surface area contributed by atoms with Crippen LogP contribution in [0.1, 0.15) is 6.92 Å². The van der Waals surface area contributed by atoms with Gasteiger partial charge < -0.3 is 4.74 Å². The van der Waals surface area contributed by atoms with Crippen LogP contribution in [0.25, 0.3) is 0 Å². The zero-order valence-corrected chi connectivity index (χ0v) is 8.08. The van der Waals surface area contributed by atoms with Gasteiger partial charge in [-0.1, -0.05) is 0 Å². The molecule has 0 unspecified atom stereocenters. The van der Waals surface area contributed by atoms with Crippen LogP contribution in [0.3, 0.4) is 0 Å². The maximum absolute atomic E-state index is 10.4. The minimum atomic E-state index is -0.432. The van der Waals surface area contributed by atoms with Crippen molar-refractivity contribution in [2.24, 2.45) is 5.10 Å². The molecule has 0 amide bonds. The molecule has 0 radical (unpaired) electrons. The summed E-state index contributed by atoms with van der Waals surface area (Å²) in [5, 5.41) is 16.2. The van der Waals surface area contributed by atoms with E-state index in [0.29, 0.717) is 12.6 Å². The van der Waals surface area contributed by atoms with Gasteiger partial charge in [0.2, 0.25) is 5.90 Å². The summed E-state index contributed by atoms with van der Waals surface area (Å²) in [6.07, 6.45) is 0. The van der Waals surface area contributed by atoms with Crippen molar-refractivity contribution < 1.29 is 9.66 Å². The summed E-state index contributed by atoms with van der Waals surface area (Å²) in [6.45, 7) is 2.11. The lowest BCUT2D eigenvalue weighted by atomic mass is 10.3. The highest BCUT2D eigenvalue weighted by Gasteiger charge is 2.14. The van der Waals surface area contributed by atoms with E-state index in [1.165, 1.54) is 12.1 Å². The van der Waals surface area contributed by atoms with Crippen molar-refractivity contribution in [2.45, 2.75) is 6.92 Å². The van der Waals surface area contributed by atoms with Crippen LogP contribution in [-0.4, -0.2) is 17.6 Å². The molecule has 0 aliphatic carbocycles. The summed E-state index contributed by atoms with van der Waals surface area (Å²) in [6, 6.07) is 6.17. The van der Waals surface area contributed by atoms with E-state index in [4.69, 9.17) is 4.74 Å². The third kappa shape index (κ3) is 1.88. The largest absolute Gasteiger partial charge is 0.457 e. The van der Waals surface area contributed by atoms with Crippen LogP contribution >= 0.6 is 0 Å². The summed E-state index contributed by atoms with van der Waals surface area (Å²) in [5.74, 6) is 0.591. The number of hydrogen-bond acceptors (Lipinski definition) is 5. The highest BCUT2D eigenvalue weighted by molar-refractivity contribution is 5.76. The average molecular weight is 207 g/mol. The van der Waals surface area contributed by atoms with E-state index in [1.54, 1.807) is 24.1 Å². The average Bonchev–Trinajstić information content (AvgIpc) is 2.65. The summed E-state index contributed by atoms with van der Waals surface area (Å²) < 4.78 is 5.14. The van der Waals surface area contributed by atoms with E-state index in [0.717, 1.165) is 5.69 Å². The molecule has 0 aromatic heterocycles. The van der Waals surface area contributed by atoms with E-state index in [1.807, 2.05) is 0 Å². The fraction of sp³-hybridized carbons (Fsp3) is 0.222. The molecule has 0 N–H and O–H groups in total. The highest BCUT2D eigenvalue weighted by Crippen LogP contribution is 2.21. The third-order valence-electron chi connectivity index (χ3n) is 2.02. The lowest BCUT2D eigenvalue weighted by Gasteiger charge is -2.10. The van der Waals surface area contributed by atoms with Gasteiger partial charge >= 0.3 is 0 Å². The predicted octanol–water partition coefficient (Wildman–Crippen LogP) is 1.72. The number of non-ortho nitro benzene ring substituents is 1. The van der Waals surface area contributed by atoms with E-state index < -0.39 is 4.92 Å². The number of rotatable bonds is 2. The molecular weight excluding hydrogens is 198 g/mol. The molecule has 0 bridgehead atoms. The fourth-order valence-electron chi connectivity index (χ4n) is 1.26. The van der Waals surface area contributed by atoms with Gasteiger partial charge in [0.15, 0.2) is 6.73 Å². The van der Waals surface area contributed by atoms with Gasteiger partial charge in [-0.2, -0.15) is 0 Å². The molecule has 6 heteroatoms. The van der Waals surface area contributed by atoms with E-state index >= 15 is 0 Å². The second-order valence-electron chi connectivity index (χ2n) is 3.07. The van der Waals surface area contributed by atoms with Gasteiger partial charge in [-0.05, 0) is 12.1 Å². The number of hydrazone groups is 1. The van der Waals surface area contributed by atoms with E-state index in [2.05, 4.69) is 5.10 Å². The molecule has 1 aromatic rings. The normalized spacial score (nSPS) is 14.7. The summed E-state index contributed by atoms with van der Waals surface area (Å²) in [4.78, 5) is 9.99. The van der Waals surface area contributed by atoms with Crippen LogP contribution in [-0.2, 0) is 4.74 Å². The SMILES string of the molecule is CC1=NN(c2ccc([N+](=O)[O-])cc2)CO1. The molecule has 0 atom stereocenters. The summed E-state index contributed by atoms with van der Waals surface area (Å²) in [5.41, 5.74) is 0.844. The first kappa shape index (κ1) is 9.45. The minimum absolute atomic E-state index is 0.0690. The Morgan fingerprint density at radius 2 is 2.13 bits per heavy atom. The first-order valence-electron chi connectivity index (χ1n) is 4.37. The Morgan fingerprint density at radius 1 is 1.47 bits per heavy atom. The Balaban J connectivity index is 2.21. The monoisotopic (exact) mass is 207 g/mol. The van der Waals surface area contributed by atoms with E-state index in [9.17, 15) is 10.1 Å². The lowest BCUT2D eigenvalue weighted by Crippen LogP contribution is -2.12. The van der Waals surface area contributed by atoms with E-state index in [-0.39, 0.29) is 5.69 Å². The molecule has 1 aliphatic rings.